The molecule has 8 N–H and O–H groups in total. The third kappa shape index (κ3) is 6.59. The summed E-state index contributed by atoms with van der Waals surface area (Å²) in [7, 11) is 0. The molecule has 1 aliphatic rings. The van der Waals surface area contributed by atoms with Crippen LogP contribution in [-0.4, -0.2) is 23.9 Å². The zero-order valence-corrected chi connectivity index (χ0v) is 21.5. The van der Waals surface area contributed by atoms with E-state index in [9.17, 15) is 4.79 Å². The average Bonchev–Trinajstić information content (AvgIpc) is 3.66. The van der Waals surface area contributed by atoms with E-state index in [2.05, 4.69) is 25.7 Å². The molecule has 1 fully saturated rings. The maximum atomic E-state index is 12.0. The molecule has 1 amide bonds. The van der Waals surface area contributed by atoms with Crippen molar-refractivity contribution in [2.75, 3.05) is 5.73 Å². The van der Waals surface area contributed by atoms with Crippen molar-refractivity contribution in [3.05, 3.63) is 81.7 Å². The lowest BCUT2D eigenvalue weighted by atomic mass is 9.95. The zero-order valence-electron chi connectivity index (χ0n) is 21.5. The molecule has 186 valence electrons. The number of hydrogen-bond donors (Lipinski definition) is 5. The van der Waals surface area contributed by atoms with Gasteiger partial charge in [0.2, 0.25) is 5.91 Å². The molecule has 1 aromatic carbocycles. The fourth-order valence-corrected chi connectivity index (χ4v) is 3.59. The smallest absolute Gasteiger partial charge is 0.250 e. The largest absolute Gasteiger partial charge is 0.398 e. The Balaban J connectivity index is 2.88. The number of amides is 1. The van der Waals surface area contributed by atoms with Crippen LogP contribution in [0.5, 0.6) is 0 Å². The van der Waals surface area contributed by atoms with Crippen molar-refractivity contribution in [1.82, 2.24) is 5.32 Å². The summed E-state index contributed by atoms with van der Waals surface area (Å²) < 4.78 is 0. The Morgan fingerprint density at radius 3 is 2.46 bits per heavy atom. The normalized spacial score (nSPS) is 16.0. The third-order valence-electron chi connectivity index (χ3n) is 6.02. The third-order valence-corrected chi connectivity index (χ3v) is 6.02. The van der Waals surface area contributed by atoms with Crippen LogP contribution in [0.25, 0.3) is 5.70 Å². The van der Waals surface area contributed by atoms with Gasteiger partial charge in [-0.25, -0.2) is 0 Å². The zero-order chi connectivity index (χ0) is 26.3. The second kappa shape index (κ2) is 12.0. The summed E-state index contributed by atoms with van der Waals surface area (Å²) in [5, 5.41) is 11.6. The van der Waals surface area contributed by atoms with Gasteiger partial charge in [0.05, 0.1) is 17.0 Å². The van der Waals surface area contributed by atoms with Gasteiger partial charge in [-0.1, -0.05) is 37.8 Å². The van der Waals surface area contributed by atoms with Gasteiger partial charge in [0, 0.05) is 46.1 Å². The molecule has 0 atom stereocenters. The number of carbonyl (C=O) groups is 1. The number of benzene rings is 1. The molecule has 1 saturated carbocycles. The summed E-state index contributed by atoms with van der Waals surface area (Å²) >= 11 is 0. The summed E-state index contributed by atoms with van der Waals surface area (Å²) in [6.45, 7) is 13.7. The van der Waals surface area contributed by atoms with Crippen LogP contribution in [0.1, 0.15) is 63.6 Å². The van der Waals surface area contributed by atoms with E-state index in [0.29, 0.717) is 34.3 Å². The summed E-state index contributed by atoms with van der Waals surface area (Å²) in [5.41, 5.74) is 24.5. The van der Waals surface area contributed by atoms with E-state index in [0.717, 1.165) is 36.1 Å². The molecule has 1 aromatic rings. The van der Waals surface area contributed by atoms with Gasteiger partial charge < -0.3 is 27.9 Å². The molecule has 35 heavy (non-hydrogen) atoms. The molecule has 0 aliphatic heterocycles. The molecule has 1 aliphatic carbocycles. The molecule has 0 bridgehead atoms. The number of hydrogen-bond acceptors (Lipinski definition) is 6. The van der Waals surface area contributed by atoms with Gasteiger partial charge in [0.15, 0.2) is 0 Å². The molecule has 0 heterocycles. The van der Waals surface area contributed by atoms with Gasteiger partial charge in [-0.05, 0) is 64.2 Å². The number of allylic oxidation sites excluding steroid dienone is 5. The number of primary amides is 1. The highest BCUT2D eigenvalue weighted by Crippen LogP contribution is 2.32. The maximum absolute atomic E-state index is 12.0. The molecule has 0 saturated heterocycles. The van der Waals surface area contributed by atoms with Gasteiger partial charge in [-0.3, -0.25) is 9.79 Å². The first-order chi connectivity index (χ1) is 16.6. The lowest BCUT2D eigenvalue weighted by Gasteiger charge is -2.20. The van der Waals surface area contributed by atoms with Gasteiger partial charge in [-0.15, -0.1) is 0 Å². The predicted octanol–water partition coefficient (Wildman–Crippen LogP) is 4.64. The molecule has 0 radical (unpaired) electrons. The van der Waals surface area contributed by atoms with Gasteiger partial charge >= 0.3 is 0 Å². The summed E-state index contributed by atoms with van der Waals surface area (Å²) in [4.78, 5) is 16.9. The highest BCUT2D eigenvalue weighted by atomic mass is 16.1. The highest BCUT2D eigenvalue weighted by molar-refractivity contribution is 6.08. The average molecular weight is 475 g/mol. The Labute approximate surface area is 208 Å². The van der Waals surface area contributed by atoms with Crippen molar-refractivity contribution in [2.45, 2.75) is 59.9 Å². The van der Waals surface area contributed by atoms with Gasteiger partial charge in [0.1, 0.15) is 0 Å². The van der Waals surface area contributed by atoms with Crippen molar-refractivity contribution in [3.63, 3.8) is 0 Å². The van der Waals surface area contributed by atoms with Crippen molar-refractivity contribution in [2.24, 2.45) is 16.5 Å². The number of rotatable bonds is 11. The van der Waals surface area contributed by atoms with Crippen LogP contribution in [0.2, 0.25) is 0 Å². The topological polar surface area (TPSA) is 143 Å². The summed E-state index contributed by atoms with van der Waals surface area (Å²) in [6.07, 6.45) is 10.3. The van der Waals surface area contributed by atoms with Crippen molar-refractivity contribution in [1.29, 1.82) is 5.41 Å². The van der Waals surface area contributed by atoms with Crippen LogP contribution < -0.4 is 22.5 Å². The monoisotopic (exact) mass is 474 g/mol. The number of aliphatic imine (C=N–C) groups is 1. The Bertz CT molecular complexity index is 1180. The predicted molar refractivity (Wildman–Crippen MR) is 148 cm³/mol. The van der Waals surface area contributed by atoms with Crippen LogP contribution in [0.4, 0.5) is 5.69 Å². The minimum Gasteiger partial charge on any atom is -0.398 e. The molecule has 2 rings (SSSR count). The molecule has 0 unspecified atom stereocenters. The van der Waals surface area contributed by atoms with E-state index in [1.807, 2.05) is 45.1 Å². The van der Waals surface area contributed by atoms with Crippen LogP contribution in [0.15, 0.2) is 70.0 Å². The van der Waals surface area contributed by atoms with Crippen LogP contribution >= 0.6 is 0 Å². The number of nitrogen functional groups attached to an aromatic ring is 1. The number of carbonyl (C=O) groups excluding carboxylic acids is 1. The standard InChI is InChI=1S/C28H38N6O/c1-7-9-10-21(26(16(3)8-2)34-20-12-13-20)19(6)33-27(25(31)18(5)28(32)35)24-17(4)11-14-23(30)22(24)15-29/h7,9-11,14-15,20,29,34H,5,8,12-13,30-31H2,1-4,6H3,(H2,32,35)/b9-7-,21-10-,26-16-,27-25+,29-15?,33-19+. The maximum Gasteiger partial charge on any atom is 0.250 e. The van der Waals surface area contributed by atoms with Crippen LogP contribution in [0.3, 0.4) is 0 Å². The van der Waals surface area contributed by atoms with E-state index in [1.54, 1.807) is 6.07 Å². The van der Waals surface area contributed by atoms with Gasteiger partial charge in [-0.2, -0.15) is 0 Å². The Kier molecular flexibility index (Phi) is 9.40. The van der Waals surface area contributed by atoms with E-state index >= 15 is 0 Å². The van der Waals surface area contributed by atoms with Crippen LogP contribution in [0, 0.1) is 12.3 Å². The molecule has 7 heteroatoms. The van der Waals surface area contributed by atoms with Crippen molar-refractivity contribution in [3.8, 4) is 0 Å². The number of anilines is 1. The molecular weight excluding hydrogens is 436 g/mol. The summed E-state index contributed by atoms with van der Waals surface area (Å²) in [6, 6.07) is 4.01. The molecule has 0 spiro atoms. The summed E-state index contributed by atoms with van der Waals surface area (Å²) in [5.74, 6) is -0.742. The fraction of sp³-hybridized carbons (Fsp3) is 0.321. The highest BCUT2D eigenvalue weighted by Gasteiger charge is 2.25. The van der Waals surface area contributed by atoms with Crippen molar-refractivity contribution >= 4 is 29.2 Å². The number of nitrogens with two attached hydrogens (primary N) is 3. The lowest BCUT2D eigenvalue weighted by Crippen LogP contribution is -2.22. The number of nitrogens with zero attached hydrogens (tertiary/aromatic N) is 1. The Morgan fingerprint density at radius 2 is 1.94 bits per heavy atom. The van der Waals surface area contributed by atoms with E-state index in [4.69, 9.17) is 27.6 Å². The first-order valence-corrected chi connectivity index (χ1v) is 11.8. The Morgan fingerprint density at radius 1 is 1.29 bits per heavy atom. The first-order valence-electron chi connectivity index (χ1n) is 11.8. The van der Waals surface area contributed by atoms with E-state index in [-0.39, 0.29) is 11.3 Å². The molecule has 0 aromatic heterocycles. The second-order valence-electron chi connectivity index (χ2n) is 8.74. The molecular formula is C28H38N6O. The van der Waals surface area contributed by atoms with E-state index in [1.165, 1.54) is 11.8 Å². The van der Waals surface area contributed by atoms with E-state index < -0.39 is 5.91 Å². The van der Waals surface area contributed by atoms with Crippen LogP contribution in [-0.2, 0) is 4.79 Å². The Hall–Kier alpha value is -3.87. The minimum atomic E-state index is -0.742. The van der Waals surface area contributed by atoms with Crippen molar-refractivity contribution < 1.29 is 4.79 Å². The molecule has 7 nitrogen and oxygen atoms in total. The SMILES string of the molecule is C=C(C(N)=O)\C(N)=C(/N=C(C)/C(=C/C=C\C)C(/NC1CC1)=C(\C)CC)c1c(C)ccc(N)c1C=N. The minimum absolute atomic E-state index is 0.0481. The lowest BCUT2D eigenvalue weighted by molar-refractivity contribution is -0.114. The van der Waals surface area contributed by atoms with Gasteiger partial charge in [0.25, 0.3) is 0 Å². The quantitative estimate of drug-likeness (QED) is 0.138. The number of nitrogens with one attached hydrogen (secondary N) is 2. The fourth-order valence-electron chi connectivity index (χ4n) is 3.59. The first kappa shape index (κ1) is 27.4. The number of aryl methyl sites for hydroxylation is 1. The second-order valence-corrected chi connectivity index (χ2v) is 8.74.